The second kappa shape index (κ2) is 2.94. The maximum atomic E-state index is 10.5. The van der Waals surface area contributed by atoms with Crippen molar-refractivity contribution in [2.45, 2.75) is 43.9 Å². The van der Waals surface area contributed by atoms with Crippen LogP contribution < -0.4 is 11.1 Å². The molecular formula is C8H14N2O2. The molecule has 2 rings (SSSR count). The van der Waals surface area contributed by atoms with Gasteiger partial charge in [0.05, 0.1) is 0 Å². The first-order valence-corrected chi connectivity index (χ1v) is 4.46. The van der Waals surface area contributed by atoms with Gasteiger partial charge in [-0.1, -0.05) is 0 Å². The Kier molecular flexibility index (Phi) is 1.92. The number of piperidine rings is 1. The quantitative estimate of drug-likeness (QED) is 0.597. The second-order valence-electron chi connectivity index (χ2n) is 3.67. The van der Waals surface area contributed by atoms with E-state index in [1.165, 1.54) is 12.8 Å². The Balaban J connectivity index is 1.89. The highest BCUT2D eigenvalue weighted by molar-refractivity contribution is 5.64. The van der Waals surface area contributed by atoms with Crippen LogP contribution in [0.25, 0.3) is 0 Å². The van der Waals surface area contributed by atoms with Gasteiger partial charge in [-0.15, -0.1) is 0 Å². The molecule has 2 aliphatic rings. The van der Waals surface area contributed by atoms with E-state index >= 15 is 0 Å². The van der Waals surface area contributed by atoms with E-state index in [-0.39, 0.29) is 6.10 Å². The van der Waals surface area contributed by atoms with Crippen molar-refractivity contribution in [3.63, 3.8) is 0 Å². The van der Waals surface area contributed by atoms with Crippen LogP contribution in [-0.4, -0.2) is 24.3 Å². The summed E-state index contributed by atoms with van der Waals surface area (Å²) in [6.07, 6.45) is 3.70. The lowest BCUT2D eigenvalue weighted by Gasteiger charge is -2.27. The minimum atomic E-state index is -0.638. The van der Waals surface area contributed by atoms with Gasteiger partial charge in [-0.25, -0.2) is 4.79 Å². The first-order valence-electron chi connectivity index (χ1n) is 4.46. The zero-order valence-electron chi connectivity index (χ0n) is 6.95. The van der Waals surface area contributed by atoms with Gasteiger partial charge in [0.2, 0.25) is 0 Å². The van der Waals surface area contributed by atoms with Crippen LogP contribution in [0.4, 0.5) is 4.79 Å². The van der Waals surface area contributed by atoms with E-state index < -0.39 is 6.09 Å². The summed E-state index contributed by atoms with van der Waals surface area (Å²) >= 11 is 0. The Labute approximate surface area is 71.4 Å². The summed E-state index contributed by atoms with van der Waals surface area (Å²) in [7, 11) is 0. The molecule has 4 heteroatoms. The number of hydrogen-bond donors (Lipinski definition) is 2. The molecule has 12 heavy (non-hydrogen) atoms. The van der Waals surface area contributed by atoms with Crippen molar-refractivity contribution in [1.82, 2.24) is 5.32 Å². The van der Waals surface area contributed by atoms with Crippen LogP contribution in [-0.2, 0) is 4.74 Å². The molecule has 2 bridgehead atoms. The molecule has 3 N–H and O–H groups in total. The molecule has 0 aromatic rings. The summed E-state index contributed by atoms with van der Waals surface area (Å²) in [4.78, 5) is 10.5. The Morgan fingerprint density at radius 1 is 1.33 bits per heavy atom. The van der Waals surface area contributed by atoms with E-state index in [0.29, 0.717) is 12.1 Å². The molecule has 0 aromatic carbocycles. The smallest absolute Gasteiger partial charge is 0.404 e. The normalized spacial score (nSPS) is 39.5. The number of ether oxygens (including phenoxy) is 1. The molecule has 3 atom stereocenters. The summed E-state index contributed by atoms with van der Waals surface area (Å²) in [5, 5.41) is 3.46. The Morgan fingerprint density at radius 2 is 1.92 bits per heavy atom. The zero-order valence-corrected chi connectivity index (χ0v) is 6.95. The lowest BCUT2D eigenvalue weighted by molar-refractivity contribution is 0.0740. The zero-order chi connectivity index (χ0) is 8.55. The minimum Gasteiger partial charge on any atom is -0.446 e. The monoisotopic (exact) mass is 170 g/mol. The fourth-order valence-electron chi connectivity index (χ4n) is 2.27. The molecule has 2 saturated heterocycles. The SMILES string of the molecule is NC(=O)OC1C[C@H]2CC[C@@H](C1)N2. The molecular weight excluding hydrogens is 156 g/mol. The maximum Gasteiger partial charge on any atom is 0.404 e. The van der Waals surface area contributed by atoms with Gasteiger partial charge < -0.3 is 15.8 Å². The highest BCUT2D eigenvalue weighted by Crippen LogP contribution is 2.28. The lowest BCUT2D eigenvalue weighted by atomic mass is 10.0. The molecule has 1 amide bonds. The van der Waals surface area contributed by atoms with Crippen molar-refractivity contribution >= 4 is 6.09 Å². The minimum absolute atomic E-state index is 0.0567. The van der Waals surface area contributed by atoms with Crippen molar-refractivity contribution in [2.75, 3.05) is 0 Å². The molecule has 0 aromatic heterocycles. The molecule has 0 saturated carbocycles. The molecule has 0 spiro atoms. The Hall–Kier alpha value is -0.770. The van der Waals surface area contributed by atoms with Crippen LogP contribution in [0.1, 0.15) is 25.7 Å². The van der Waals surface area contributed by atoms with E-state index in [2.05, 4.69) is 5.32 Å². The maximum absolute atomic E-state index is 10.5. The highest BCUT2D eigenvalue weighted by Gasteiger charge is 2.34. The van der Waals surface area contributed by atoms with Gasteiger partial charge >= 0.3 is 6.09 Å². The van der Waals surface area contributed by atoms with Gasteiger partial charge in [-0.2, -0.15) is 0 Å². The molecule has 4 nitrogen and oxygen atoms in total. The first-order chi connectivity index (χ1) is 5.74. The van der Waals surface area contributed by atoms with Gasteiger partial charge in [-0.05, 0) is 25.7 Å². The second-order valence-corrected chi connectivity index (χ2v) is 3.67. The Bertz CT molecular complexity index is 183. The number of carbonyl (C=O) groups excluding carboxylic acids is 1. The number of carbonyl (C=O) groups is 1. The predicted molar refractivity (Wildman–Crippen MR) is 43.6 cm³/mol. The number of primary amides is 1. The summed E-state index contributed by atoms with van der Waals surface area (Å²) in [6.45, 7) is 0. The number of rotatable bonds is 1. The third-order valence-electron chi connectivity index (χ3n) is 2.71. The molecule has 68 valence electrons. The van der Waals surface area contributed by atoms with Crippen molar-refractivity contribution < 1.29 is 9.53 Å². The lowest BCUT2D eigenvalue weighted by Crippen LogP contribution is -2.42. The summed E-state index contributed by atoms with van der Waals surface area (Å²) in [6, 6.07) is 1.10. The van der Waals surface area contributed by atoms with Gasteiger partial charge in [0.1, 0.15) is 6.10 Å². The van der Waals surface area contributed by atoms with Crippen LogP contribution in [0.5, 0.6) is 0 Å². The highest BCUT2D eigenvalue weighted by atomic mass is 16.6. The van der Waals surface area contributed by atoms with E-state index in [1.54, 1.807) is 0 Å². The van der Waals surface area contributed by atoms with E-state index in [0.717, 1.165) is 12.8 Å². The van der Waals surface area contributed by atoms with Gasteiger partial charge in [0.15, 0.2) is 0 Å². The van der Waals surface area contributed by atoms with Crippen LogP contribution >= 0.6 is 0 Å². The third kappa shape index (κ3) is 1.53. The van der Waals surface area contributed by atoms with Gasteiger partial charge in [-0.3, -0.25) is 0 Å². The number of fused-ring (bicyclic) bond motifs is 2. The standard InChI is InChI=1S/C8H14N2O2/c9-8(11)12-7-3-5-1-2-6(4-7)10-5/h5-7,10H,1-4H2,(H2,9,11)/t5-,6+,7?. The first kappa shape index (κ1) is 7.86. The molecule has 0 radical (unpaired) electrons. The van der Waals surface area contributed by atoms with Crippen LogP contribution in [0.15, 0.2) is 0 Å². The Morgan fingerprint density at radius 3 is 2.42 bits per heavy atom. The average Bonchev–Trinajstić information content (AvgIpc) is 2.29. The fourth-order valence-corrected chi connectivity index (χ4v) is 2.27. The van der Waals surface area contributed by atoms with Gasteiger partial charge in [0, 0.05) is 12.1 Å². The fraction of sp³-hybridized carbons (Fsp3) is 0.875. The van der Waals surface area contributed by atoms with E-state index in [4.69, 9.17) is 10.5 Å². The van der Waals surface area contributed by atoms with E-state index in [9.17, 15) is 4.79 Å². The summed E-state index contributed by atoms with van der Waals surface area (Å²) in [5.74, 6) is 0. The molecule has 0 aliphatic carbocycles. The summed E-state index contributed by atoms with van der Waals surface area (Å²) in [5.41, 5.74) is 4.95. The van der Waals surface area contributed by atoms with Crippen molar-refractivity contribution in [3.8, 4) is 0 Å². The van der Waals surface area contributed by atoms with Crippen molar-refractivity contribution in [2.24, 2.45) is 5.73 Å². The van der Waals surface area contributed by atoms with Crippen LogP contribution in [0.2, 0.25) is 0 Å². The van der Waals surface area contributed by atoms with Crippen molar-refractivity contribution in [3.05, 3.63) is 0 Å². The largest absolute Gasteiger partial charge is 0.446 e. The van der Waals surface area contributed by atoms with Crippen LogP contribution in [0.3, 0.4) is 0 Å². The number of nitrogens with two attached hydrogens (primary N) is 1. The molecule has 1 unspecified atom stereocenters. The molecule has 2 heterocycles. The van der Waals surface area contributed by atoms with Gasteiger partial charge in [0.25, 0.3) is 0 Å². The third-order valence-corrected chi connectivity index (χ3v) is 2.71. The number of amides is 1. The van der Waals surface area contributed by atoms with E-state index in [1.807, 2.05) is 0 Å². The van der Waals surface area contributed by atoms with Crippen molar-refractivity contribution in [1.29, 1.82) is 0 Å². The average molecular weight is 170 g/mol. The number of nitrogens with one attached hydrogen (secondary N) is 1. The topological polar surface area (TPSA) is 64.4 Å². The molecule has 2 fully saturated rings. The number of hydrogen-bond acceptors (Lipinski definition) is 3. The van der Waals surface area contributed by atoms with Crippen LogP contribution in [0, 0.1) is 0 Å². The molecule has 2 aliphatic heterocycles. The summed E-state index contributed by atoms with van der Waals surface area (Å²) < 4.78 is 4.97. The predicted octanol–water partition coefficient (Wildman–Crippen LogP) is 0.365.